The van der Waals surface area contributed by atoms with Crippen LogP contribution < -0.4 is 15.8 Å². The summed E-state index contributed by atoms with van der Waals surface area (Å²) in [6.07, 6.45) is 1.13. The van der Waals surface area contributed by atoms with Gasteiger partial charge in [-0.05, 0) is 25.5 Å². The topological polar surface area (TPSA) is 73.6 Å². The van der Waals surface area contributed by atoms with Gasteiger partial charge in [-0.3, -0.25) is 4.79 Å². The average molecular weight is 266 g/mol. The molecule has 0 saturated carbocycles. The molecule has 1 unspecified atom stereocenters. The Morgan fingerprint density at radius 1 is 1.42 bits per heavy atom. The number of carbonyl (C=O) groups excluding carboxylic acids is 1. The quantitative estimate of drug-likeness (QED) is 0.701. The van der Waals surface area contributed by atoms with Crippen LogP contribution in [0.15, 0.2) is 24.3 Å². The van der Waals surface area contributed by atoms with Gasteiger partial charge in [-0.1, -0.05) is 6.07 Å². The number of hydrogen-bond acceptors (Lipinski definition) is 4. The van der Waals surface area contributed by atoms with Gasteiger partial charge in [0.15, 0.2) is 0 Å². The summed E-state index contributed by atoms with van der Waals surface area (Å²) in [6.45, 7) is 2.93. The first-order valence-electron chi connectivity index (χ1n) is 6.38. The van der Waals surface area contributed by atoms with E-state index in [-0.39, 0.29) is 11.9 Å². The summed E-state index contributed by atoms with van der Waals surface area (Å²) in [7, 11) is 1.65. The molecule has 0 aromatic heterocycles. The smallest absolute Gasteiger partial charge is 0.223 e. The Bertz CT molecular complexity index is 396. The highest BCUT2D eigenvalue weighted by molar-refractivity contribution is 5.76. The van der Waals surface area contributed by atoms with E-state index in [1.807, 2.05) is 19.1 Å². The molecule has 0 spiro atoms. The zero-order valence-corrected chi connectivity index (χ0v) is 11.5. The number of methoxy groups -OCH3 is 1. The van der Waals surface area contributed by atoms with Crippen molar-refractivity contribution in [3.05, 3.63) is 24.3 Å². The van der Waals surface area contributed by atoms with Crippen molar-refractivity contribution in [1.29, 1.82) is 0 Å². The fourth-order valence-corrected chi connectivity index (χ4v) is 1.58. The molecule has 0 radical (unpaired) electrons. The van der Waals surface area contributed by atoms with Crippen LogP contribution >= 0.6 is 0 Å². The van der Waals surface area contributed by atoms with Crippen LogP contribution in [0.25, 0.3) is 0 Å². The van der Waals surface area contributed by atoms with Crippen molar-refractivity contribution >= 4 is 11.6 Å². The Morgan fingerprint density at radius 3 is 2.89 bits per heavy atom. The molecule has 0 heterocycles. The molecular weight excluding hydrogens is 244 g/mol. The minimum Gasteiger partial charge on any atom is -0.493 e. The molecule has 0 aliphatic heterocycles. The van der Waals surface area contributed by atoms with Crippen LogP contribution in [0.4, 0.5) is 5.69 Å². The summed E-state index contributed by atoms with van der Waals surface area (Å²) < 4.78 is 10.4. The maximum atomic E-state index is 11.6. The van der Waals surface area contributed by atoms with E-state index < -0.39 is 0 Å². The number of nitrogens with two attached hydrogens (primary N) is 1. The van der Waals surface area contributed by atoms with E-state index >= 15 is 0 Å². The summed E-state index contributed by atoms with van der Waals surface area (Å²) in [5.74, 6) is 0.660. The third kappa shape index (κ3) is 6.67. The van der Waals surface area contributed by atoms with Crippen molar-refractivity contribution in [3.8, 4) is 5.75 Å². The van der Waals surface area contributed by atoms with Crippen LogP contribution in [-0.2, 0) is 9.53 Å². The molecule has 1 rings (SSSR count). The van der Waals surface area contributed by atoms with Crippen LogP contribution in [0.1, 0.15) is 19.8 Å². The molecule has 3 N–H and O–H groups in total. The number of carbonyl (C=O) groups is 1. The molecule has 5 nitrogen and oxygen atoms in total. The number of benzene rings is 1. The van der Waals surface area contributed by atoms with Gasteiger partial charge in [0, 0.05) is 31.5 Å². The van der Waals surface area contributed by atoms with Gasteiger partial charge in [0.1, 0.15) is 5.75 Å². The first kappa shape index (κ1) is 15.3. The Balaban J connectivity index is 2.20. The molecule has 0 bridgehead atoms. The third-order valence-corrected chi connectivity index (χ3v) is 2.62. The first-order valence-corrected chi connectivity index (χ1v) is 6.38. The molecular formula is C14H22N2O3. The third-order valence-electron chi connectivity index (χ3n) is 2.62. The van der Waals surface area contributed by atoms with Crippen molar-refractivity contribution in [3.63, 3.8) is 0 Å². The van der Waals surface area contributed by atoms with E-state index in [1.165, 1.54) is 0 Å². The minimum absolute atomic E-state index is 0.0208. The lowest BCUT2D eigenvalue weighted by atomic mass is 10.2. The molecule has 5 heteroatoms. The van der Waals surface area contributed by atoms with Gasteiger partial charge in [0.2, 0.25) is 5.91 Å². The lowest BCUT2D eigenvalue weighted by Crippen LogP contribution is -2.34. The summed E-state index contributed by atoms with van der Waals surface area (Å²) in [6, 6.07) is 7.27. The van der Waals surface area contributed by atoms with Crippen molar-refractivity contribution in [2.75, 3.05) is 26.1 Å². The van der Waals surface area contributed by atoms with Crippen molar-refractivity contribution in [2.24, 2.45) is 0 Å². The highest BCUT2D eigenvalue weighted by Gasteiger charge is 2.07. The number of hydrogen-bond donors (Lipinski definition) is 2. The first-order chi connectivity index (χ1) is 9.11. The maximum Gasteiger partial charge on any atom is 0.223 e. The summed E-state index contributed by atoms with van der Waals surface area (Å²) in [4.78, 5) is 11.6. The van der Waals surface area contributed by atoms with E-state index in [0.29, 0.717) is 31.1 Å². The van der Waals surface area contributed by atoms with E-state index in [9.17, 15) is 4.79 Å². The summed E-state index contributed by atoms with van der Waals surface area (Å²) in [5, 5.41) is 2.89. The van der Waals surface area contributed by atoms with Crippen LogP contribution in [0.2, 0.25) is 0 Å². The van der Waals surface area contributed by atoms with E-state index in [4.69, 9.17) is 15.2 Å². The standard InChI is InChI=1S/C14H22N2O3/c1-11(6-8-18-2)16-14(17)7-9-19-13-5-3-4-12(15)10-13/h3-5,10-11H,6-9,15H2,1-2H3,(H,16,17). The Kier molecular flexibility index (Phi) is 6.74. The fourth-order valence-electron chi connectivity index (χ4n) is 1.58. The molecule has 0 fully saturated rings. The van der Waals surface area contributed by atoms with Gasteiger partial charge in [-0.15, -0.1) is 0 Å². The highest BCUT2D eigenvalue weighted by Crippen LogP contribution is 2.14. The molecule has 0 aliphatic rings. The minimum atomic E-state index is -0.0208. The van der Waals surface area contributed by atoms with Crippen LogP contribution in [0.3, 0.4) is 0 Å². The molecule has 1 amide bonds. The van der Waals surface area contributed by atoms with Gasteiger partial charge in [-0.25, -0.2) is 0 Å². The lowest BCUT2D eigenvalue weighted by molar-refractivity contribution is -0.122. The average Bonchev–Trinajstić information content (AvgIpc) is 2.36. The second-order valence-electron chi connectivity index (χ2n) is 4.42. The largest absolute Gasteiger partial charge is 0.493 e. The van der Waals surface area contributed by atoms with Crippen LogP contribution in [0, 0.1) is 0 Å². The molecule has 106 valence electrons. The number of nitrogen functional groups attached to an aromatic ring is 1. The monoisotopic (exact) mass is 266 g/mol. The molecule has 0 aliphatic carbocycles. The fraction of sp³-hybridized carbons (Fsp3) is 0.500. The van der Waals surface area contributed by atoms with Crippen LogP contribution in [0.5, 0.6) is 5.75 Å². The van der Waals surface area contributed by atoms with Gasteiger partial charge in [0.25, 0.3) is 0 Å². The van der Waals surface area contributed by atoms with Crippen LogP contribution in [-0.4, -0.2) is 32.3 Å². The van der Waals surface area contributed by atoms with Gasteiger partial charge in [-0.2, -0.15) is 0 Å². The number of amides is 1. The number of ether oxygens (including phenoxy) is 2. The SMILES string of the molecule is COCCC(C)NC(=O)CCOc1cccc(N)c1. The van der Waals surface area contributed by atoms with Crippen molar-refractivity contribution in [1.82, 2.24) is 5.32 Å². The molecule has 19 heavy (non-hydrogen) atoms. The van der Waals surface area contributed by atoms with Crippen molar-refractivity contribution in [2.45, 2.75) is 25.8 Å². The number of nitrogens with one attached hydrogen (secondary N) is 1. The van der Waals surface area contributed by atoms with Gasteiger partial charge in [0.05, 0.1) is 13.0 Å². The van der Waals surface area contributed by atoms with E-state index in [1.54, 1.807) is 19.2 Å². The molecule has 1 atom stereocenters. The predicted molar refractivity (Wildman–Crippen MR) is 75.1 cm³/mol. The second kappa shape index (κ2) is 8.37. The van der Waals surface area contributed by atoms with Crippen molar-refractivity contribution < 1.29 is 14.3 Å². The maximum absolute atomic E-state index is 11.6. The number of anilines is 1. The zero-order valence-electron chi connectivity index (χ0n) is 11.5. The zero-order chi connectivity index (χ0) is 14.1. The lowest BCUT2D eigenvalue weighted by Gasteiger charge is -2.13. The normalized spacial score (nSPS) is 11.9. The Labute approximate surface area is 114 Å². The Hall–Kier alpha value is -1.75. The molecule has 1 aromatic carbocycles. The van der Waals surface area contributed by atoms with E-state index in [2.05, 4.69) is 5.32 Å². The Morgan fingerprint density at radius 2 is 2.21 bits per heavy atom. The van der Waals surface area contributed by atoms with Gasteiger partial charge < -0.3 is 20.5 Å². The predicted octanol–water partition coefficient (Wildman–Crippen LogP) is 1.58. The second-order valence-corrected chi connectivity index (χ2v) is 4.42. The summed E-state index contributed by atoms with van der Waals surface area (Å²) in [5.41, 5.74) is 6.28. The molecule has 1 aromatic rings. The summed E-state index contributed by atoms with van der Waals surface area (Å²) >= 11 is 0. The molecule has 0 saturated heterocycles. The highest BCUT2D eigenvalue weighted by atomic mass is 16.5. The van der Waals surface area contributed by atoms with Gasteiger partial charge >= 0.3 is 0 Å². The van der Waals surface area contributed by atoms with E-state index in [0.717, 1.165) is 6.42 Å². The number of rotatable bonds is 8.